The van der Waals surface area contributed by atoms with Gasteiger partial charge in [-0.25, -0.2) is 4.39 Å². The number of nitrogens with zero attached hydrogens (tertiary/aromatic N) is 1. The SMILES string of the molecule is CC1Cc2cc(-c3cc(CNC(=O)COc4ccc(F)cc4)no3)ccc2O1. The monoisotopic (exact) mass is 382 g/mol. The number of hydrogen-bond acceptors (Lipinski definition) is 5. The van der Waals surface area contributed by atoms with Crippen LogP contribution in [0.2, 0.25) is 0 Å². The molecule has 3 aromatic rings. The van der Waals surface area contributed by atoms with Gasteiger partial charge in [0.25, 0.3) is 5.91 Å². The molecular formula is C21H19FN2O4. The lowest BCUT2D eigenvalue weighted by Crippen LogP contribution is -2.28. The van der Waals surface area contributed by atoms with Crippen LogP contribution in [0.15, 0.2) is 53.1 Å². The fourth-order valence-electron chi connectivity index (χ4n) is 3.03. The Morgan fingerprint density at radius 3 is 2.89 bits per heavy atom. The van der Waals surface area contributed by atoms with Crippen LogP contribution in [-0.2, 0) is 17.8 Å². The van der Waals surface area contributed by atoms with Crippen LogP contribution in [0.25, 0.3) is 11.3 Å². The molecule has 0 fully saturated rings. The Morgan fingerprint density at radius 2 is 2.07 bits per heavy atom. The van der Waals surface area contributed by atoms with Crippen molar-refractivity contribution in [3.63, 3.8) is 0 Å². The lowest BCUT2D eigenvalue weighted by Gasteiger charge is -2.06. The molecule has 0 bridgehead atoms. The summed E-state index contributed by atoms with van der Waals surface area (Å²) in [5.74, 6) is 1.30. The smallest absolute Gasteiger partial charge is 0.258 e. The van der Waals surface area contributed by atoms with Gasteiger partial charge in [-0.1, -0.05) is 5.16 Å². The Hall–Kier alpha value is -3.35. The van der Waals surface area contributed by atoms with E-state index in [1.54, 1.807) is 6.07 Å². The summed E-state index contributed by atoms with van der Waals surface area (Å²) in [6, 6.07) is 13.2. The quantitative estimate of drug-likeness (QED) is 0.706. The number of fused-ring (bicyclic) bond motifs is 1. The number of carbonyl (C=O) groups excluding carboxylic acids is 1. The number of nitrogens with one attached hydrogen (secondary N) is 1. The molecule has 7 heteroatoms. The molecule has 6 nitrogen and oxygen atoms in total. The van der Waals surface area contributed by atoms with Crippen molar-refractivity contribution in [2.24, 2.45) is 0 Å². The molecule has 28 heavy (non-hydrogen) atoms. The minimum absolute atomic E-state index is 0.167. The Balaban J connectivity index is 1.31. The lowest BCUT2D eigenvalue weighted by atomic mass is 10.1. The van der Waals surface area contributed by atoms with Crippen molar-refractivity contribution in [1.82, 2.24) is 10.5 Å². The van der Waals surface area contributed by atoms with Crippen LogP contribution in [0, 0.1) is 5.82 Å². The van der Waals surface area contributed by atoms with E-state index in [2.05, 4.69) is 10.5 Å². The van der Waals surface area contributed by atoms with E-state index in [1.807, 2.05) is 25.1 Å². The number of ether oxygens (including phenoxy) is 2. The van der Waals surface area contributed by atoms with E-state index in [4.69, 9.17) is 14.0 Å². The van der Waals surface area contributed by atoms with Gasteiger partial charge in [0, 0.05) is 18.1 Å². The molecule has 1 aliphatic heterocycles. The van der Waals surface area contributed by atoms with E-state index in [9.17, 15) is 9.18 Å². The highest BCUT2D eigenvalue weighted by Crippen LogP contribution is 2.33. The molecule has 1 amide bonds. The molecule has 1 atom stereocenters. The third-order valence-corrected chi connectivity index (χ3v) is 4.39. The summed E-state index contributed by atoms with van der Waals surface area (Å²) in [4.78, 5) is 11.9. The minimum Gasteiger partial charge on any atom is -0.490 e. The zero-order valence-electron chi connectivity index (χ0n) is 15.3. The number of carbonyl (C=O) groups is 1. The highest BCUT2D eigenvalue weighted by atomic mass is 19.1. The fraction of sp³-hybridized carbons (Fsp3) is 0.238. The Morgan fingerprint density at radius 1 is 1.25 bits per heavy atom. The van der Waals surface area contributed by atoms with Crippen LogP contribution >= 0.6 is 0 Å². The standard InChI is InChI=1S/C21H19FN2O4/c1-13-8-15-9-14(2-7-19(15)27-13)20-10-17(24-28-20)11-23-21(25)12-26-18-5-3-16(22)4-6-18/h2-7,9-10,13H,8,11-12H2,1H3,(H,23,25). The van der Waals surface area contributed by atoms with Crippen molar-refractivity contribution >= 4 is 5.91 Å². The predicted molar refractivity (Wildman–Crippen MR) is 99.5 cm³/mol. The highest BCUT2D eigenvalue weighted by Gasteiger charge is 2.20. The van der Waals surface area contributed by atoms with Gasteiger partial charge in [0.1, 0.15) is 29.1 Å². The van der Waals surface area contributed by atoms with Crippen LogP contribution in [0.4, 0.5) is 4.39 Å². The van der Waals surface area contributed by atoms with Gasteiger partial charge in [0.15, 0.2) is 12.4 Å². The number of hydrogen-bond donors (Lipinski definition) is 1. The number of halogens is 1. The first-order chi connectivity index (χ1) is 13.6. The van der Waals surface area contributed by atoms with Gasteiger partial charge in [-0.15, -0.1) is 0 Å². The molecule has 2 heterocycles. The molecule has 0 saturated carbocycles. The van der Waals surface area contributed by atoms with Crippen LogP contribution in [0.1, 0.15) is 18.2 Å². The number of benzene rings is 2. The van der Waals surface area contributed by atoms with E-state index in [1.165, 1.54) is 24.3 Å². The summed E-state index contributed by atoms with van der Waals surface area (Å²) < 4.78 is 29.3. The van der Waals surface area contributed by atoms with Crippen molar-refractivity contribution in [1.29, 1.82) is 0 Å². The maximum atomic E-state index is 12.8. The molecule has 1 N–H and O–H groups in total. The van der Waals surface area contributed by atoms with E-state index in [0.717, 1.165) is 23.3 Å². The minimum atomic E-state index is -0.357. The lowest BCUT2D eigenvalue weighted by molar-refractivity contribution is -0.123. The molecule has 0 saturated heterocycles. The number of rotatable bonds is 6. The summed E-state index contributed by atoms with van der Waals surface area (Å²) in [6.45, 7) is 2.09. The Bertz CT molecular complexity index is 984. The Kier molecular flexibility index (Phi) is 4.97. The summed E-state index contributed by atoms with van der Waals surface area (Å²) in [5, 5.41) is 6.71. The largest absolute Gasteiger partial charge is 0.490 e. The van der Waals surface area contributed by atoms with Crippen LogP contribution in [-0.4, -0.2) is 23.8 Å². The second-order valence-corrected chi connectivity index (χ2v) is 6.66. The maximum absolute atomic E-state index is 12.8. The van der Waals surface area contributed by atoms with Gasteiger partial charge in [-0.3, -0.25) is 4.79 Å². The van der Waals surface area contributed by atoms with Gasteiger partial charge >= 0.3 is 0 Å². The average Bonchev–Trinajstić information content (AvgIpc) is 3.30. The number of amides is 1. The third kappa shape index (κ3) is 4.14. The van der Waals surface area contributed by atoms with E-state index in [0.29, 0.717) is 17.2 Å². The molecule has 0 radical (unpaired) electrons. The van der Waals surface area contributed by atoms with E-state index in [-0.39, 0.29) is 31.0 Å². The first-order valence-corrected chi connectivity index (χ1v) is 8.97. The maximum Gasteiger partial charge on any atom is 0.258 e. The molecule has 2 aromatic carbocycles. The summed E-state index contributed by atoms with van der Waals surface area (Å²) in [5.41, 5.74) is 2.67. The van der Waals surface area contributed by atoms with Gasteiger partial charge in [-0.2, -0.15) is 0 Å². The van der Waals surface area contributed by atoms with Gasteiger partial charge in [0.05, 0.1) is 6.54 Å². The zero-order valence-corrected chi connectivity index (χ0v) is 15.3. The predicted octanol–water partition coefficient (Wildman–Crippen LogP) is 3.50. The van der Waals surface area contributed by atoms with Crippen LogP contribution in [0.3, 0.4) is 0 Å². The first-order valence-electron chi connectivity index (χ1n) is 8.97. The second kappa shape index (κ2) is 7.72. The molecule has 1 unspecified atom stereocenters. The summed E-state index contributed by atoms with van der Waals surface area (Å²) >= 11 is 0. The highest BCUT2D eigenvalue weighted by molar-refractivity contribution is 5.77. The van der Waals surface area contributed by atoms with Gasteiger partial charge in [-0.05, 0) is 55.0 Å². The van der Waals surface area contributed by atoms with Crippen LogP contribution in [0.5, 0.6) is 11.5 Å². The third-order valence-electron chi connectivity index (χ3n) is 4.39. The topological polar surface area (TPSA) is 73.6 Å². The molecule has 1 aliphatic rings. The van der Waals surface area contributed by atoms with Gasteiger partial charge in [0.2, 0.25) is 0 Å². The molecule has 0 aliphatic carbocycles. The molecule has 0 spiro atoms. The van der Waals surface area contributed by atoms with Crippen molar-refractivity contribution in [2.75, 3.05) is 6.61 Å². The summed E-state index contributed by atoms with van der Waals surface area (Å²) in [7, 11) is 0. The average molecular weight is 382 g/mol. The molecule has 144 valence electrons. The first kappa shape index (κ1) is 18.0. The van der Waals surface area contributed by atoms with Crippen LogP contribution < -0.4 is 14.8 Å². The van der Waals surface area contributed by atoms with Crippen molar-refractivity contribution in [3.05, 3.63) is 65.6 Å². The van der Waals surface area contributed by atoms with E-state index >= 15 is 0 Å². The summed E-state index contributed by atoms with van der Waals surface area (Å²) in [6.07, 6.45) is 1.05. The van der Waals surface area contributed by atoms with Gasteiger partial charge < -0.3 is 19.3 Å². The number of aromatic nitrogens is 1. The van der Waals surface area contributed by atoms with Crippen molar-refractivity contribution in [2.45, 2.75) is 26.0 Å². The zero-order chi connectivity index (χ0) is 19.5. The molecule has 1 aromatic heterocycles. The van der Waals surface area contributed by atoms with Crippen molar-refractivity contribution in [3.8, 4) is 22.8 Å². The second-order valence-electron chi connectivity index (χ2n) is 6.66. The molecular weight excluding hydrogens is 363 g/mol. The fourth-order valence-corrected chi connectivity index (χ4v) is 3.03. The van der Waals surface area contributed by atoms with Crippen molar-refractivity contribution < 1.29 is 23.2 Å². The Labute approximate surface area is 161 Å². The van der Waals surface area contributed by atoms with E-state index < -0.39 is 0 Å². The molecule has 4 rings (SSSR count). The normalized spacial score (nSPS) is 15.0.